The normalized spacial score (nSPS) is 10.2. The number of carboxylic acids is 1. The molecule has 0 unspecified atom stereocenters. The zero-order chi connectivity index (χ0) is 14.0. The van der Waals surface area contributed by atoms with Crippen molar-refractivity contribution in [2.24, 2.45) is 0 Å². The Bertz CT molecular complexity index is 656. The van der Waals surface area contributed by atoms with E-state index in [1.807, 2.05) is 0 Å². The lowest BCUT2D eigenvalue weighted by Gasteiger charge is -2.03. The minimum absolute atomic E-state index is 0.122. The van der Waals surface area contributed by atoms with Crippen LogP contribution in [-0.4, -0.2) is 17.0 Å². The van der Waals surface area contributed by atoms with Gasteiger partial charge in [0, 0.05) is 5.56 Å². The number of anilines is 1. The van der Waals surface area contributed by atoms with Crippen molar-refractivity contribution < 1.29 is 19.1 Å². The summed E-state index contributed by atoms with van der Waals surface area (Å²) in [5.74, 6) is -2.09. The fourth-order valence-electron chi connectivity index (χ4n) is 1.34. The van der Waals surface area contributed by atoms with E-state index < -0.39 is 17.7 Å². The fourth-order valence-corrected chi connectivity index (χ4v) is 2.33. The summed E-state index contributed by atoms with van der Waals surface area (Å²) >= 11 is 3.93. The molecule has 0 spiro atoms. The average molecular weight is 344 g/mol. The lowest BCUT2D eigenvalue weighted by Crippen LogP contribution is -2.11. The third-order valence-electron chi connectivity index (χ3n) is 2.24. The smallest absolute Gasteiger partial charge is 0.345 e. The monoisotopic (exact) mass is 343 g/mol. The molecule has 2 rings (SSSR count). The Hall–Kier alpha value is -1.73. The van der Waals surface area contributed by atoms with Crippen molar-refractivity contribution in [1.29, 1.82) is 0 Å². The number of carboxylic acid groups (broad SMARTS) is 1. The van der Waals surface area contributed by atoms with Crippen LogP contribution in [-0.2, 0) is 0 Å². The molecular weight excluding hydrogens is 337 g/mol. The van der Waals surface area contributed by atoms with Crippen molar-refractivity contribution in [3.63, 3.8) is 0 Å². The number of rotatable bonds is 3. The summed E-state index contributed by atoms with van der Waals surface area (Å²) in [7, 11) is 0. The third-order valence-corrected chi connectivity index (χ3v) is 3.87. The largest absolute Gasteiger partial charge is 0.477 e. The predicted octanol–water partition coefficient (Wildman–Crippen LogP) is 3.60. The first-order valence-electron chi connectivity index (χ1n) is 5.07. The molecule has 0 aliphatic carbocycles. The van der Waals surface area contributed by atoms with E-state index in [-0.39, 0.29) is 14.9 Å². The first kappa shape index (κ1) is 13.7. The molecule has 0 bridgehead atoms. The van der Waals surface area contributed by atoms with Crippen LogP contribution in [0, 0.1) is 5.82 Å². The molecule has 1 heterocycles. The second kappa shape index (κ2) is 5.50. The van der Waals surface area contributed by atoms with Gasteiger partial charge in [-0.05, 0) is 46.3 Å². The molecule has 1 amide bonds. The molecule has 1 aromatic heterocycles. The molecule has 0 atom stereocenters. The molecule has 0 fully saturated rings. The lowest BCUT2D eigenvalue weighted by molar-refractivity contribution is 0.0702. The highest BCUT2D eigenvalue weighted by atomic mass is 79.9. The molecule has 1 aromatic carbocycles. The lowest BCUT2D eigenvalue weighted by atomic mass is 10.2. The highest BCUT2D eigenvalue weighted by Gasteiger charge is 2.12. The van der Waals surface area contributed by atoms with Crippen LogP contribution in [0.3, 0.4) is 0 Å². The topological polar surface area (TPSA) is 66.4 Å². The summed E-state index contributed by atoms with van der Waals surface area (Å²) in [5, 5.41) is 11.7. The standard InChI is InChI=1S/C12H7BrFNO3S/c13-7-2-1-6(5-8(7)14)11(16)15-10-4-3-9(19-10)12(17)18/h1-5H,(H,15,16)(H,17,18). The van der Waals surface area contributed by atoms with Crippen molar-refractivity contribution in [2.75, 3.05) is 5.32 Å². The van der Waals surface area contributed by atoms with E-state index in [9.17, 15) is 14.0 Å². The minimum atomic E-state index is -1.06. The van der Waals surface area contributed by atoms with Crippen LogP contribution >= 0.6 is 27.3 Å². The van der Waals surface area contributed by atoms with Gasteiger partial charge >= 0.3 is 5.97 Å². The van der Waals surface area contributed by atoms with Gasteiger partial charge in [-0.1, -0.05) is 0 Å². The Kier molecular flexibility index (Phi) is 3.96. The quantitative estimate of drug-likeness (QED) is 0.894. The number of carbonyl (C=O) groups is 2. The molecule has 2 N–H and O–H groups in total. The Balaban J connectivity index is 2.15. The molecule has 19 heavy (non-hydrogen) atoms. The molecule has 0 radical (unpaired) electrons. The number of aromatic carboxylic acids is 1. The summed E-state index contributed by atoms with van der Waals surface area (Å²) in [6.07, 6.45) is 0. The molecule has 0 saturated heterocycles. The van der Waals surface area contributed by atoms with Gasteiger partial charge < -0.3 is 10.4 Å². The molecule has 0 aliphatic heterocycles. The zero-order valence-electron chi connectivity index (χ0n) is 9.31. The average Bonchev–Trinajstić information content (AvgIpc) is 2.81. The van der Waals surface area contributed by atoms with Gasteiger partial charge in [0.25, 0.3) is 5.91 Å². The second-order valence-corrected chi connectivity index (χ2v) is 5.49. The van der Waals surface area contributed by atoms with Gasteiger partial charge in [-0.3, -0.25) is 4.79 Å². The molecule has 98 valence electrons. The summed E-state index contributed by atoms with van der Waals surface area (Å²) in [4.78, 5) is 22.6. The van der Waals surface area contributed by atoms with Crippen molar-refractivity contribution in [3.8, 4) is 0 Å². The van der Waals surface area contributed by atoms with Crippen molar-refractivity contribution in [3.05, 3.63) is 51.1 Å². The number of nitrogens with one attached hydrogen (secondary N) is 1. The third kappa shape index (κ3) is 3.18. The number of carbonyl (C=O) groups excluding carboxylic acids is 1. The van der Waals surface area contributed by atoms with Crippen LogP contribution < -0.4 is 5.32 Å². The predicted molar refractivity (Wildman–Crippen MR) is 73.3 cm³/mol. The Morgan fingerprint density at radius 3 is 2.58 bits per heavy atom. The van der Waals surface area contributed by atoms with E-state index in [0.717, 1.165) is 17.4 Å². The first-order valence-corrected chi connectivity index (χ1v) is 6.68. The van der Waals surface area contributed by atoms with E-state index >= 15 is 0 Å². The van der Waals surface area contributed by atoms with Crippen molar-refractivity contribution in [2.45, 2.75) is 0 Å². The van der Waals surface area contributed by atoms with Gasteiger partial charge in [-0.2, -0.15) is 0 Å². The summed E-state index contributed by atoms with van der Waals surface area (Å²) < 4.78 is 13.6. The van der Waals surface area contributed by atoms with E-state index in [2.05, 4.69) is 21.2 Å². The van der Waals surface area contributed by atoms with Gasteiger partial charge in [0.2, 0.25) is 0 Å². The molecule has 0 aliphatic rings. The van der Waals surface area contributed by atoms with E-state index in [4.69, 9.17) is 5.11 Å². The molecule has 7 heteroatoms. The highest BCUT2D eigenvalue weighted by molar-refractivity contribution is 9.10. The van der Waals surface area contributed by atoms with Crippen LogP contribution in [0.4, 0.5) is 9.39 Å². The summed E-state index contributed by atoms with van der Waals surface area (Å²) in [5.41, 5.74) is 0.158. The number of thiophene rings is 1. The molecule has 0 saturated carbocycles. The van der Waals surface area contributed by atoms with E-state index in [1.165, 1.54) is 24.3 Å². The maximum Gasteiger partial charge on any atom is 0.345 e. The zero-order valence-corrected chi connectivity index (χ0v) is 11.7. The van der Waals surface area contributed by atoms with Crippen molar-refractivity contribution in [1.82, 2.24) is 0 Å². The van der Waals surface area contributed by atoms with Crippen LogP contribution in [0.15, 0.2) is 34.8 Å². The second-order valence-electron chi connectivity index (χ2n) is 3.55. The Morgan fingerprint density at radius 1 is 1.26 bits per heavy atom. The van der Waals surface area contributed by atoms with Gasteiger partial charge in [0.1, 0.15) is 10.7 Å². The van der Waals surface area contributed by atoms with Crippen LogP contribution in [0.2, 0.25) is 0 Å². The number of amides is 1. The van der Waals surface area contributed by atoms with Gasteiger partial charge in [0.05, 0.1) is 9.47 Å². The van der Waals surface area contributed by atoms with E-state index in [0.29, 0.717) is 5.00 Å². The number of hydrogen-bond donors (Lipinski definition) is 2. The highest BCUT2D eigenvalue weighted by Crippen LogP contribution is 2.23. The van der Waals surface area contributed by atoms with E-state index in [1.54, 1.807) is 0 Å². The van der Waals surface area contributed by atoms with Gasteiger partial charge in [-0.25, -0.2) is 9.18 Å². The van der Waals surface area contributed by atoms with Crippen molar-refractivity contribution >= 4 is 44.1 Å². The van der Waals surface area contributed by atoms with Gasteiger partial charge in [0.15, 0.2) is 0 Å². The van der Waals surface area contributed by atoms with Crippen LogP contribution in [0.1, 0.15) is 20.0 Å². The summed E-state index contributed by atoms with van der Waals surface area (Å²) in [6, 6.07) is 6.88. The molecule has 4 nitrogen and oxygen atoms in total. The number of hydrogen-bond acceptors (Lipinski definition) is 3. The van der Waals surface area contributed by atoms with Crippen LogP contribution in [0.5, 0.6) is 0 Å². The number of halogens is 2. The summed E-state index contributed by atoms with van der Waals surface area (Å²) in [6.45, 7) is 0. The van der Waals surface area contributed by atoms with Gasteiger partial charge in [-0.15, -0.1) is 11.3 Å². The minimum Gasteiger partial charge on any atom is -0.477 e. The fraction of sp³-hybridized carbons (Fsp3) is 0. The molecular formula is C12H7BrFNO3S. The maximum atomic E-state index is 13.3. The first-order chi connectivity index (χ1) is 8.97. The maximum absolute atomic E-state index is 13.3. The molecule has 2 aromatic rings. The van der Waals surface area contributed by atoms with Crippen LogP contribution in [0.25, 0.3) is 0 Å². The Morgan fingerprint density at radius 2 is 2.00 bits per heavy atom. The SMILES string of the molecule is O=C(Nc1ccc(C(=O)O)s1)c1ccc(Br)c(F)c1. The Labute approximate surface area is 120 Å². The number of benzene rings is 1.